The fraction of sp³-hybridized carbons (Fsp3) is 0.824. The van der Waals surface area contributed by atoms with E-state index >= 15 is 0 Å². The van der Waals surface area contributed by atoms with Crippen molar-refractivity contribution in [3.63, 3.8) is 0 Å². The van der Waals surface area contributed by atoms with Crippen LogP contribution in [-0.2, 0) is 9.53 Å². The van der Waals surface area contributed by atoms with Gasteiger partial charge in [0.05, 0.1) is 7.11 Å². The predicted molar refractivity (Wildman–Crippen MR) is 82.2 cm³/mol. The van der Waals surface area contributed by atoms with E-state index < -0.39 is 0 Å². The summed E-state index contributed by atoms with van der Waals surface area (Å²) in [5.41, 5.74) is 0. The molecule has 0 rings (SSSR count). The molecule has 0 spiro atoms. The van der Waals surface area contributed by atoms with Crippen molar-refractivity contribution in [3.8, 4) is 0 Å². The van der Waals surface area contributed by atoms with Gasteiger partial charge in [0.1, 0.15) is 0 Å². The zero-order valence-electron chi connectivity index (χ0n) is 13.1. The topological polar surface area (TPSA) is 26.3 Å². The molecule has 0 fully saturated rings. The Balaban J connectivity index is 3.15. The second-order valence-electron chi connectivity index (χ2n) is 5.40. The summed E-state index contributed by atoms with van der Waals surface area (Å²) in [5, 5.41) is 0. The average molecular weight is 268 g/mol. The first kappa shape index (κ1) is 18.2. The molecule has 0 aliphatic heterocycles. The lowest BCUT2D eigenvalue weighted by atomic mass is 10.1. The summed E-state index contributed by atoms with van der Waals surface area (Å²) >= 11 is 0. The Morgan fingerprint density at radius 3 is 2.21 bits per heavy atom. The van der Waals surface area contributed by atoms with E-state index in [4.69, 9.17) is 0 Å². The van der Waals surface area contributed by atoms with Crippen molar-refractivity contribution in [3.05, 3.63) is 12.2 Å². The second-order valence-corrected chi connectivity index (χ2v) is 5.40. The Labute approximate surface area is 119 Å². The number of carbonyl (C=O) groups is 1. The third kappa shape index (κ3) is 13.4. The smallest absolute Gasteiger partial charge is 0.305 e. The fourth-order valence-corrected chi connectivity index (χ4v) is 1.98. The van der Waals surface area contributed by atoms with E-state index in [1.54, 1.807) is 0 Å². The van der Waals surface area contributed by atoms with Crippen LogP contribution in [0.1, 0.15) is 78.1 Å². The molecule has 1 unspecified atom stereocenters. The van der Waals surface area contributed by atoms with E-state index in [1.807, 2.05) is 0 Å². The van der Waals surface area contributed by atoms with Crippen LogP contribution < -0.4 is 0 Å². The standard InChI is InChI=1S/C17H32O2/c1-4-16(2)14-12-10-8-6-5-7-9-11-13-15-17(18)19-3/h12,14,16H,4-11,13,15H2,1-3H3/b14-12+. The van der Waals surface area contributed by atoms with Gasteiger partial charge in [0.25, 0.3) is 0 Å². The molecule has 0 saturated heterocycles. The van der Waals surface area contributed by atoms with E-state index in [9.17, 15) is 4.79 Å². The van der Waals surface area contributed by atoms with Crippen LogP contribution in [0.4, 0.5) is 0 Å². The number of allylic oxidation sites excluding steroid dienone is 2. The summed E-state index contributed by atoms with van der Waals surface area (Å²) in [5.74, 6) is 0.655. The van der Waals surface area contributed by atoms with Gasteiger partial charge in [-0.3, -0.25) is 4.79 Å². The zero-order chi connectivity index (χ0) is 14.3. The van der Waals surface area contributed by atoms with Crippen molar-refractivity contribution in [2.24, 2.45) is 5.92 Å². The Bertz CT molecular complexity index is 233. The largest absolute Gasteiger partial charge is 0.469 e. The molecule has 0 aromatic carbocycles. The minimum Gasteiger partial charge on any atom is -0.469 e. The maximum absolute atomic E-state index is 10.9. The molecule has 0 heterocycles. The molecule has 0 radical (unpaired) electrons. The van der Waals surface area contributed by atoms with Gasteiger partial charge in [-0.1, -0.05) is 64.5 Å². The highest BCUT2D eigenvalue weighted by molar-refractivity contribution is 5.68. The predicted octanol–water partition coefficient (Wildman–Crippen LogP) is 5.27. The van der Waals surface area contributed by atoms with Gasteiger partial charge < -0.3 is 4.74 Å². The van der Waals surface area contributed by atoms with Crippen LogP contribution in [0.2, 0.25) is 0 Å². The van der Waals surface area contributed by atoms with E-state index in [-0.39, 0.29) is 5.97 Å². The van der Waals surface area contributed by atoms with Crippen molar-refractivity contribution >= 4 is 5.97 Å². The van der Waals surface area contributed by atoms with Gasteiger partial charge in [-0.25, -0.2) is 0 Å². The first-order valence-corrected chi connectivity index (χ1v) is 7.94. The van der Waals surface area contributed by atoms with E-state index in [2.05, 4.69) is 30.7 Å². The molecule has 0 amide bonds. The van der Waals surface area contributed by atoms with Crippen LogP contribution >= 0.6 is 0 Å². The lowest BCUT2D eigenvalue weighted by Crippen LogP contribution is -1.99. The molecule has 0 aromatic heterocycles. The Kier molecular flexibility index (Phi) is 13.1. The molecule has 0 aliphatic rings. The van der Waals surface area contributed by atoms with Crippen LogP contribution in [0.25, 0.3) is 0 Å². The van der Waals surface area contributed by atoms with Crippen LogP contribution in [-0.4, -0.2) is 13.1 Å². The van der Waals surface area contributed by atoms with E-state index in [1.165, 1.54) is 52.1 Å². The maximum atomic E-state index is 10.9. The summed E-state index contributed by atoms with van der Waals surface area (Å²) in [4.78, 5) is 10.9. The quantitative estimate of drug-likeness (QED) is 0.274. The minimum atomic E-state index is -0.0758. The zero-order valence-corrected chi connectivity index (χ0v) is 13.1. The van der Waals surface area contributed by atoms with Gasteiger partial charge in [-0.15, -0.1) is 0 Å². The SMILES string of the molecule is CCC(C)/C=C/CCCCCCCCCC(=O)OC. The highest BCUT2D eigenvalue weighted by atomic mass is 16.5. The first-order valence-electron chi connectivity index (χ1n) is 7.94. The number of esters is 1. The average Bonchev–Trinajstić information content (AvgIpc) is 2.43. The van der Waals surface area contributed by atoms with Gasteiger partial charge >= 0.3 is 5.97 Å². The van der Waals surface area contributed by atoms with Crippen molar-refractivity contribution in [1.29, 1.82) is 0 Å². The normalized spacial score (nSPS) is 12.8. The molecule has 2 heteroatoms. The summed E-state index contributed by atoms with van der Waals surface area (Å²) in [6.07, 6.45) is 16.4. The number of hydrogen-bond donors (Lipinski definition) is 0. The number of rotatable bonds is 12. The van der Waals surface area contributed by atoms with Crippen molar-refractivity contribution < 1.29 is 9.53 Å². The van der Waals surface area contributed by atoms with Crippen LogP contribution in [0, 0.1) is 5.92 Å². The van der Waals surface area contributed by atoms with Crippen LogP contribution in [0.3, 0.4) is 0 Å². The molecule has 0 bridgehead atoms. The molecular weight excluding hydrogens is 236 g/mol. The first-order chi connectivity index (χ1) is 9.20. The molecule has 0 aliphatic carbocycles. The minimum absolute atomic E-state index is 0.0758. The van der Waals surface area contributed by atoms with Crippen molar-refractivity contribution in [1.82, 2.24) is 0 Å². The van der Waals surface area contributed by atoms with Gasteiger partial charge in [0, 0.05) is 6.42 Å². The highest BCUT2D eigenvalue weighted by Gasteiger charge is 1.98. The Hall–Kier alpha value is -0.790. The number of methoxy groups -OCH3 is 1. The lowest BCUT2D eigenvalue weighted by molar-refractivity contribution is -0.140. The number of ether oxygens (including phenoxy) is 1. The molecule has 0 aromatic rings. The van der Waals surface area contributed by atoms with Crippen LogP contribution in [0.5, 0.6) is 0 Å². The van der Waals surface area contributed by atoms with Gasteiger partial charge in [-0.2, -0.15) is 0 Å². The third-order valence-corrected chi connectivity index (χ3v) is 3.59. The maximum Gasteiger partial charge on any atom is 0.305 e. The monoisotopic (exact) mass is 268 g/mol. The summed E-state index contributed by atoms with van der Waals surface area (Å²) in [6, 6.07) is 0. The molecule has 112 valence electrons. The lowest BCUT2D eigenvalue weighted by Gasteiger charge is -2.02. The fourth-order valence-electron chi connectivity index (χ4n) is 1.98. The van der Waals surface area contributed by atoms with Crippen molar-refractivity contribution in [2.75, 3.05) is 7.11 Å². The van der Waals surface area contributed by atoms with E-state index in [0.717, 1.165) is 18.8 Å². The molecular formula is C17H32O2. The van der Waals surface area contributed by atoms with Gasteiger partial charge in [0.2, 0.25) is 0 Å². The molecule has 1 atom stereocenters. The Morgan fingerprint density at radius 2 is 1.63 bits per heavy atom. The summed E-state index contributed by atoms with van der Waals surface area (Å²) in [6.45, 7) is 4.50. The molecule has 0 N–H and O–H groups in total. The second kappa shape index (κ2) is 13.6. The summed E-state index contributed by atoms with van der Waals surface area (Å²) in [7, 11) is 1.46. The number of unbranched alkanes of at least 4 members (excludes halogenated alkanes) is 7. The van der Waals surface area contributed by atoms with Gasteiger partial charge in [0.15, 0.2) is 0 Å². The Morgan fingerprint density at radius 1 is 1.05 bits per heavy atom. The molecule has 19 heavy (non-hydrogen) atoms. The van der Waals surface area contributed by atoms with Gasteiger partial charge in [-0.05, 0) is 25.2 Å². The third-order valence-electron chi connectivity index (χ3n) is 3.59. The van der Waals surface area contributed by atoms with Crippen molar-refractivity contribution in [2.45, 2.75) is 78.1 Å². The number of hydrogen-bond acceptors (Lipinski definition) is 2. The number of carbonyl (C=O) groups excluding carboxylic acids is 1. The molecule has 0 saturated carbocycles. The highest BCUT2D eigenvalue weighted by Crippen LogP contribution is 2.11. The molecule has 2 nitrogen and oxygen atoms in total. The van der Waals surface area contributed by atoms with Crippen LogP contribution in [0.15, 0.2) is 12.2 Å². The summed E-state index contributed by atoms with van der Waals surface area (Å²) < 4.78 is 4.61. The van der Waals surface area contributed by atoms with E-state index in [0.29, 0.717) is 6.42 Å².